The Morgan fingerprint density at radius 1 is 1.21 bits per heavy atom. The van der Waals surface area contributed by atoms with Crippen LogP contribution in [0.15, 0.2) is 36.4 Å². The Morgan fingerprint density at radius 2 is 1.92 bits per heavy atom. The number of rotatable bonds is 2. The first-order chi connectivity index (χ1) is 11.5. The molecule has 5 nitrogen and oxygen atoms in total. The van der Waals surface area contributed by atoms with E-state index >= 15 is 0 Å². The van der Waals surface area contributed by atoms with Gasteiger partial charge in [-0.05, 0) is 36.6 Å². The largest absolute Gasteiger partial charge is 0.507 e. The molecular formula is C18H15ClN2O3. The molecule has 0 radical (unpaired) electrons. The molecule has 0 aromatic heterocycles. The van der Waals surface area contributed by atoms with Crippen LogP contribution in [0.5, 0.6) is 11.5 Å². The molecule has 122 valence electrons. The van der Waals surface area contributed by atoms with Crippen molar-refractivity contribution < 1.29 is 15.0 Å². The summed E-state index contributed by atoms with van der Waals surface area (Å²) < 4.78 is 0. The lowest BCUT2D eigenvalue weighted by Gasteiger charge is -2.25. The van der Waals surface area contributed by atoms with Crippen molar-refractivity contribution in [2.75, 3.05) is 6.54 Å². The fourth-order valence-electron chi connectivity index (χ4n) is 3.01. The van der Waals surface area contributed by atoms with Crippen molar-refractivity contribution in [1.29, 1.82) is 5.26 Å². The number of aromatic hydroxyl groups is 2. The first kappa shape index (κ1) is 16.2. The SMILES string of the molecule is N#Cc1ccc([C@H]2CCCN2C(=O)c2cc(Cl)c(O)cc2O)cc1. The number of amides is 1. The standard InChI is InChI=1S/C18H15ClN2O3/c19-14-8-13(16(22)9-17(14)23)18(24)21-7-1-2-15(21)12-5-3-11(10-20)4-6-12/h3-6,8-9,15,22-23H,1-2,7H2/t15-/m1/s1. The number of carbonyl (C=O) groups is 1. The highest BCUT2D eigenvalue weighted by atomic mass is 35.5. The van der Waals surface area contributed by atoms with Gasteiger partial charge in [-0.3, -0.25) is 4.79 Å². The second kappa shape index (κ2) is 6.42. The highest BCUT2D eigenvalue weighted by molar-refractivity contribution is 6.32. The summed E-state index contributed by atoms with van der Waals surface area (Å²) in [5.74, 6) is -0.899. The number of benzene rings is 2. The topological polar surface area (TPSA) is 84.6 Å². The van der Waals surface area contributed by atoms with Gasteiger partial charge >= 0.3 is 0 Å². The molecule has 0 unspecified atom stereocenters. The maximum Gasteiger partial charge on any atom is 0.258 e. The molecule has 0 spiro atoms. The molecule has 1 aliphatic rings. The summed E-state index contributed by atoms with van der Waals surface area (Å²) in [6, 6.07) is 11.5. The van der Waals surface area contributed by atoms with Gasteiger partial charge in [0.2, 0.25) is 0 Å². The highest BCUT2D eigenvalue weighted by Crippen LogP contribution is 2.37. The van der Waals surface area contributed by atoms with E-state index in [0.717, 1.165) is 24.5 Å². The predicted molar refractivity (Wildman–Crippen MR) is 89.0 cm³/mol. The van der Waals surface area contributed by atoms with Gasteiger partial charge in [-0.15, -0.1) is 0 Å². The van der Waals surface area contributed by atoms with Crippen LogP contribution in [-0.2, 0) is 0 Å². The second-order valence-corrected chi connectivity index (χ2v) is 6.12. The molecular weight excluding hydrogens is 328 g/mol. The molecule has 24 heavy (non-hydrogen) atoms. The summed E-state index contributed by atoms with van der Waals surface area (Å²) in [6.45, 7) is 0.571. The zero-order valence-electron chi connectivity index (χ0n) is 12.7. The third kappa shape index (κ3) is 2.89. The van der Waals surface area contributed by atoms with Crippen LogP contribution in [0.3, 0.4) is 0 Å². The maximum absolute atomic E-state index is 12.8. The van der Waals surface area contributed by atoms with Crippen molar-refractivity contribution in [3.63, 3.8) is 0 Å². The molecule has 2 aromatic carbocycles. The Balaban J connectivity index is 1.91. The molecule has 1 atom stereocenters. The van der Waals surface area contributed by atoms with Gasteiger partial charge in [0.05, 0.1) is 28.3 Å². The third-order valence-corrected chi connectivity index (χ3v) is 4.54. The summed E-state index contributed by atoms with van der Waals surface area (Å²) in [5.41, 5.74) is 1.58. The summed E-state index contributed by atoms with van der Waals surface area (Å²) in [7, 11) is 0. The minimum atomic E-state index is -0.332. The highest BCUT2D eigenvalue weighted by Gasteiger charge is 2.32. The molecule has 3 rings (SSSR count). The van der Waals surface area contributed by atoms with E-state index in [1.807, 2.05) is 12.1 Å². The van der Waals surface area contributed by atoms with Crippen molar-refractivity contribution in [2.45, 2.75) is 18.9 Å². The van der Waals surface area contributed by atoms with E-state index < -0.39 is 0 Å². The van der Waals surface area contributed by atoms with Crippen molar-refractivity contribution in [2.24, 2.45) is 0 Å². The smallest absolute Gasteiger partial charge is 0.258 e. The molecule has 1 fully saturated rings. The van der Waals surface area contributed by atoms with Gasteiger partial charge in [0.15, 0.2) is 0 Å². The monoisotopic (exact) mass is 342 g/mol. The van der Waals surface area contributed by atoms with Crippen LogP contribution >= 0.6 is 11.6 Å². The van der Waals surface area contributed by atoms with Gasteiger partial charge in [-0.2, -0.15) is 5.26 Å². The zero-order chi connectivity index (χ0) is 17.3. The molecule has 1 aliphatic heterocycles. The number of likely N-dealkylation sites (tertiary alicyclic amines) is 1. The Morgan fingerprint density at radius 3 is 2.58 bits per heavy atom. The van der Waals surface area contributed by atoms with E-state index in [4.69, 9.17) is 16.9 Å². The average Bonchev–Trinajstić information content (AvgIpc) is 3.07. The Labute approximate surface area is 144 Å². The molecule has 0 bridgehead atoms. The molecule has 0 saturated carbocycles. The van der Waals surface area contributed by atoms with Crippen molar-refractivity contribution in [3.05, 3.63) is 58.1 Å². The minimum Gasteiger partial charge on any atom is -0.507 e. The molecule has 2 N–H and O–H groups in total. The quantitative estimate of drug-likeness (QED) is 0.873. The van der Waals surface area contributed by atoms with Crippen LogP contribution in [0.25, 0.3) is 0 Å². The number of nitriles is 1. The van der Waals surface area contributed by atoms with Crippen LogP contribution in [0.2, 0.25) is 5.02 Å². The van der Waals surface area contributed by atoms with Crippen LogP contribution in [0, 0.1) is 11.3 Å². The number of phenolic OH excluding ortho intramolecular Hbond substituents is 2. The van der Waals surface area contributed by atoms with E-state index in [1.165, 1.54) is 6.07 Å². The van der Waals surface area contributed by atoms with E-state index in [1.54, 1.807) is 17.0 Å². The van der Waals surface area contributed by atoms with E-state index in [9.17, 15) is 15.0 Å². The molecule has 0 aliphatic carbocycles. The maximum atomic E-state index is 12.8. The lowest BCUT2D eigenvalue weighted by Crippen LogP contribution is -2.30. The fourth-order valence-corrected chi connectivity index (χ4v) is 3.18. The number of nitrogens with zero attached hydrogens (tertiary/aromatic N) is 2. The molecule has 1 saturated heterocycles. The number of halogens is 1. The second-order valence-electron chi connectivity index (χ2n) is 5.71. The third-order valence-electron chi connectivity index (χ3n) is 4.23. The summed E-state index contributed by atoms with van der Waals surface area (Å²) in [4.78, 5) is 14.5. The first-order valence-electron chi connectivity index (χ1n) is 7.53. The summed E-state index contributed by atoms with van der Waals surface area (Å²) in [6.07, 6.45) is 1.66. The van der Waals surface area contributed by atoms with Gasteiger partial charge in [0.1, 0.15) is 11.5 Å². The normalized spacial score (nSPS) is 16.8. The minimum absolute atomic E-state index is 0.0188. The predicted octanol–water partition coefficient (Wildman–Crippen LogP) is 3.60. The number of hydrogen-bond donors (Lipinski definition) is 2. The van der Waals surface area contributed by atoms with Crippen LogP contribution in [0.1, 0.15) is 40.4 Å². The first-order valence-corrected chi connectivity index (χ1v) is 7.91. The summed E-state index contributed by atoms with van der Waals surface area (Å²) >= 11 is 5.86. The van der Waals surface area contributed by atoms with Gasteiger partial charge in [0.25, 0.3) is 5.91 Å². The fraction of sp³-hybridized carbons (Fsp3) is 0.222. The van der Waals surface area contributed by atoms with Gasteiger partial charge < -0.3 is 15.1 Å². The lowest BCUT2D eigenvalue weighted by molar-refractivity contribution is 0.0732. The molecule has 2 aromatic rings. The van der Waals surface area contributed by atoms with Gasteiger partial charge in [-0.25, -0.2) is 0 Å². The van der Waals surface area contributed by atoms with E-state index in [0.29, 0.717) is 12.1 Å². The van der Waals surface area contributed by atoms with Crippen molar-refractivity contribution in [3.8, 4) is 17.6 Å². The number of phenols is 2. The van der Waals surface area contributed by atoms with Crippen LogP contribution in [-0.4, -0.2) is 27.6 Å². The number of hydrogen-bond acceptors (Lipinski definition) is 4. The van der Waals surface area contributed by atoms with Crippen LogP contribution in [0.4, 0.5) is 0 Å². The van der Waals surface area contributed by atoms with Gasteiger partial charge in [0, 0.05) is 12.6 Å². The van der Waals surface area contributed by atoms with Crippen molar-refractivity contribution >= 4 is 17.5 Å². The average molecular weight is 343 g/mol. The van der Waals surface area contributed by atoms with Crippen LogP contribution < -0.4 is 0 Å². The number of carbonyl (C=O) groups excluding carboxylic acids is 1. The zero-order valence-corrected chi connectivity index (χ0v) is 13.5. The molecule has 1 heterocycles. The summed E-state index contributed by atoms with van der Waals surface area (Å²) in [5, 5.41) is 28.4. The van der Waals surface area contributed by atoms with E-state index in [2.05, 4.69) is 6.07 Å². The Hall–Kier alpha value is -2.71. The van der Waals surface area contributed by atoms with Crippen molar-refractivity contribution in [1.82, 2.24) is 4.90 Å². The molecule has 6 heteroatoms. The lowest BCUT2D eigenvalue weighted by atomic mass is 10.0. The Kier molecular flexibility index (Phi) is 4.32. The molecule has 1 amide bonds. The Bertz CT molecular complexity index is 827. The van der Waals surface area contributed by atoms with E-state index in [-0.39, 0.29) is 34.0 Å². The van der Waals surface area contributed by atoms with Gasteiger partial charge in [-0.1, -0.05) is 23.7 Å².